The van der Waals surface area contributed by atoms with Gasteiger partial charge in [-0.25, -0.2) is 0 Å². The standard InChI is InChI=1S/C18H22N2O3S/c1-2-3-4-5-6-15-7-9-16(10-8-15)19-20-17-11-13-18(14-12-17)24(21,22)23/h7-14H,2-6H2,1H3,(H,21,22,23). The third kappa shape index (κ3) is 5.86. The molecule has 0 aliphatic heterocycles. The van der Waals surface area contributed by atoms with E-state index in [0.29, 0.717) is 5.69 Å². The molecule has 2 rings (SSSR count). The lowest BCUT2D eigenvalue weighted by atomic mass is 10.1. The van der Waals surface area contributed by atoms with Crippen molar-refractivity contribution in [3.8, 4) is 0 Å². The smallest absolute Gasteiger partial charge is 0.282 e. The first-order valence-electron chi connectivity index (χ1n) is 8.07. The van der Waals surface area contributed by atoms with E-state index >= 15 is 0 Å². The summed E-state index contributed by atoms with van der Waals surface area (Å²) in [4.78, 5) is -0.158. The maximum atomic E-state index is 11.0. The minimum Gasteiger partial charge on any atom is -0.282 e. The Morgan fingerprint density at radius 2 is 1.38 bits per heavy atom. The first-order chi connectivity index (χ1) is 11.5. The number of aryl methyl sites for hydroxylation is 1. The molecule has 0 aliphatic carbocycles. The van der Waals surface area contributed by atoms with E-state index in [1.807, 2.05) is 12.1 Å². The van der Waals surface area contributed by atoms with Gasteiger partial charge in [0.25, 0.3) is 10.1 Å². The number of nitrogens with zero attached hydrogens (tertiary/aromatic N) is 2. The van der Waals surface area contributed by atoms with Gasteiger partial charge in [-0.3, -0.25) is 4.55 Å². The topological polar surface area (TPSA) is 79.1 Å². The molecule has 1 N–H and O–H groups in total. The molecule has 0 saturated heterocycles. The van der Waals surface area contributed by atoms with Crippen molar-refractivity contribution in [3.05, 3.63) is 54.1 Å². The van der Waals surface area contributed by atoms with Crippen molar-refractivity contribution in [3.63, 3.8) is 0 Å². The van der Waals surface area contributed by atoms with Gasteiger partial charge in [-0.05, 0) is 54.8 Å². The van der Waals surface area contributed by atoms with Gasteiger partial charge in [0.2, 0.25) is 0 Å². The lowest BCUT2D eigenvalue weighted by Gasteiger charge is -2.01. The lowest BCUT2D eigenvalue weighted by molar-refractivity contribution is 0.483. The summed E-state index contributed by atoms with van der Waals surface area (Å²) in [5.74, 6) is 0. The third-order valence-corrected chi connectivity index (χ3v) is 4.54. The quantitative estimate of drug-likeness (QED) is 0.391. The summed E-state index contributed by atoms with van der Waals surface area (Å²) in [6.07, 6.45) is 6.06. The maximum Gasteiger partial charge on any atom is 0.294 e. The van der Waals surface area contributed by atoms with Crippen molar-refractivity contribution >= 4 is 21.5 Å². The highest BCUT2D eigenvalue weighted by atomic mass is 32.2. The summed E-state index contributed by atoms with van der Waals surface area (Å²) in [5.41, 5.74) is 2.56. The minimum absolute atomic E-state index is 0.158. The Hall–Kier alpha value is -2.05. The van der Waals surface area contributed by atoms with Crippen LogP contribution in [0.5, 0.6) is 0 Å². The second kappa shape index (κ2) is 8.70. The van der Waals surface area contributed by atoms with E-state index in [1.165, 1.54) is 55.5 Å². The molecule has 2 aromatic rings. The predicted molar refractivity (Wildman–Crippen MR) is 94.7 cm³/mol. The Labute approximate surface area is 143 Å². The Morgan fingerprint density at radius 1 is 0.833 bits per heavy atom. The fourth-order valence-corrected chi connectivity index (χ4v) is 2.77. The van der Waals surface area contributed by atoms with E-state index in [0.717, 1.165) is 12.1 Å². The molecule has 0 radical (unpaired) electrons. The van der Waals surface area contributed by atoms with Crippen LogP contribution in [0.25, 0.3) is 0 Å². The second-order valence-corrected chi connectivity index (χ2v) is 7.07. The molecule has 0 amide bonds. The van der Waals surface area contributed by atoms with Crippen LogP contribution in [0.2, 0.25) is 0 Å². The van der Waals surface area contributed by atoms with Gasteiger partial charge in [0, 0.05) is 0 Å². The molecule has 0 unspecified atom stereocenters. The predicted octanol–water partition coefficient (Wildman–Crippen LogP) is 5.47. The molecule has 0 fully saturated rings. The number of hydrogen-bond acceptors (Lipinski definition) is 4. The summed E-state index contributed by atoms with van der Waals surface area (Å²) < 4.78 is 30.9. The molecule has 2 aromatic carbocycles. The molecule has 0 atom stereocenters. The van der Waals surface area contributed by atoms with Gasteiger partial charge >= 0.3 is 0 Å². The molecule has 0 bridgehead atoms. The van der Waals surface area contributed by atoms with Gasteiger partial charge in [0.05, 0.1) is 16.3 Å². The zero-order valence-electron chi connectivity index (χ0n) is 13.7. The first kappa shape index (κ1) is 18.3. The zero-order chi connectivity index (χ0) is 17.4. The van der Waals surface area contributed by atoms with Gasteiger partial charge in [-0.15, -0.1) is 0 Å². The van der Waals surface area contributed by atoms with Crippen molar-refractivity contribution in [1.82, 2.24) is 0 Å². The second-order valence-electron chi connectivity index (χ2n) is 5.65. The highest BCUT2D eigenvalue weighted by molar-refractivity contribution is 7.85. The van der Waals surface area contributed by atoms with Crippen LogP contribution in [-0.4, -0.2) is 13.0 Å². The molecule has 128 valence electrons. The van der Waals surface area contributed by atoms with Crippen LogP contribution in [0, 0.1) is 0 Å². The molecule has 0 spiro atoms. The van der Waals surface area contributed by atoms with Gasteiger partial charge in [-0.2, -0.15) is 18.6 Å². The Kier molecular flexibility index (Phi) is 6.63. The summed E-state index contributed by atoms with van der Waals surface area (Å²) >= 11 is 0. The lowest BCUT2D eigenvalue weighted by Crippen LogP contribution is -1.96. The molecule has 0 aliphatic rings. The molecular weight excluding hydrogens is 324 g/mol. The molecule has 5 nitrogen and oxygen atoms in total. The summed E-state index contributed by atoms with van der Waals surface area (Å²) in [6, 6.07) is 13.5. The summed E-state index contributed by atoms with van der Waals surface area (Å²) in [5, 5.41) is 8.20. The van der Waals surface area contributed by atoms with Crippen molar-refractivity contribution in [2.75, 3.05) is 0 Å². The molecule has 0 aromatic heterocycles. The SMILES string of the molecule is CCCCCCc1ccc(N=Nc2ccc(S(=O)(=O)O)cc2)cc1. The van der Waals surface area contributed by atoms with E-state index in [-0.39, 0.29) is 4.90 Å². The van der Waals surface area contributed by atoms with Crippen molar-refractivity contribution in [2.24, 2.45) is 10.2 Å². The fourth-order valence-electron chi connectivity index (χ4n) is 2.29. The van der Waals surface area contributed by atoms with Gasteiger partial charge < -0.3 is 0 Å². The Balaban J connectivity index is 1.94. The van der Waals surface area contributed by atoms with E-state index in [2.05, 4.69) is 29.3 Å². The zero-order valence-corrected chi connectivity index (χ0v) is 14.5. The largest absolute Gasteiger partial charge is 0.294 e. The third-order valence-electron chi connectivity index (χ3n) is 3.67. The number of rotatable bonds is 8. The van der Waals surface area contributed by atoms with E-state index < -0.39 is 10.1 Å². The molecular formula is C18H22N2O3S. The van der Waals surface area contributed by atoms with Crippen molar-refractivity contribution in [2.45, 2.75) is 43.9 Å². The minimum atomic E-state index is -4.18. The highest BCUT2D eigenvalue weighted by Crippen LogP contribution is 2.21. The molecule has 6 heteroatoms. The Bertz CT molecular complexity index is 767. The molecule has 24 heavy (non-hydrogen) atoms. The van der Waals surface area contributed by atoms with E-state index in [9.17, 15) is 8.42 Å². The molecule has 0 heterocycles. The number of benzene rings is 2. The number of unbranched alkanes of at least 4 members (excludes halogenated alkanes) is 3. The fraction of sp³-hybridized carbons (Fsp3) is 0.333. The summed E-state index contributed by atoms with van der Waals surface area (Å²) in [6.45, 7) is 2.20. The van der Waals surface area contributed by atoms with Crippen LogP contribution in [0.3, 0.4) is 0 Å². The van der Waals surface area contributed by atoms with Gasteiger partial charge in [0.1, 0.15) is 0 Å². The van der Waals surface area contributed by atoms with Crippen LogP contribution in [0.15, 0.2) is 63.7 Å². The van der Waals surface area contributed by atoms with Crippen LogP contribution in [-0.2, 0) is 16.5 Å². The van der Waals surface area contributed by atoms with Gasteiger partial charge in [-0.1, -0.05) is 38.3 Å². The van der Waals surface area contributed by atoms with Crippen molar-refractivity contribution in [1.29, 1.82) is 0 Å². The monoisotopic (exact) mass is 346 g/mol. The van der Waals surface area contributed by atoms with Crippen molar-refractivity contribution < 1.29 is 13.0 Å². The highest BCUT2D eigenvalue weighted by Gasteiger charge is 2.07. The normalized spacial score (nSPS) is 11.9. The van der Waals surface area contributed by atoms with Crippen LogP contribution >= 0.6 is 0 Å². The van der Waals surface area contributed by atoms with Crippen LogP contribution < -0.4 is 0 Å². The maximum absolute atomic E-state index is 11.0. The van der Waals surface area contributed by atoms with Crippen LogP contribution in [0.4, 0.5) is 11.4 Å². The first-order valence-corrected chi connectivity index (χ1v) is 9.51. The van der Waals surface area contributed by atoms with Crippen LogP contribution in [0.1, 0.15) is 38.2 Å². The van der Waals surface area contributed by atoms with E-state index in [1.54, 1.807) is 0 Å². The Morgan fingerprint density at radius 3 is 1.88 bits per heavy atom. The van der Waals surface area contributed by atoms with E-state index in [4.69, 9.17) is 4.55 Å². The van der Waals surface area contributed by atoms with Gasteiger partial charge in [0.15, 0.2) is 0 Å². The molecule has 0 saturated carbocycles. The number of hydrogen-bond donors (Lipinski definition) is 1. The number of azo groups is 1. The average Bonchev–Trinajstić information content (AvgIpc) is 2.57. The average molecular weight is 346 g/mol. The summed E-state index contributed by atoms with van der Waals surface area (Å²) in [7, 11) is -4.18.